The molecule has 1 aliphatic rings. The number of methoxy groups -OCH3 is 1. The number of carbonyl (C=O) groups is 2. The number of para-hydroxylation sites is 1. The maximum Gasteiger partial charge on any atom is 0.339 e. The van der Waals surface area contributed by atoms with E-state index in [1.807, 2.05) is 53.9 Å². The molecular weight excluding hydrogens is 474 g/mol. The topological polar surface area (TPSA) is 90.4 Å². The molecule has 7 nitrogen and oxygen atoms in total. The van der Waals surface area contributed by atoms with Crippen molar-refractivity contribution in [2.24, 2.45) is 0 Å². The highest BCUT2D eigenvalue weighted by molar-refractivity contribution is 7.14. The zero-order valence-corrected chi connectivity index (χ0v) is 20.9. The van der Waals surface area contributed by atoms with E-state index in [0.717, 1.165) is 71.3 Å². The van der Waals surface area contributed by atoms with Crippen LogP contribution >= 0.6 is 11.3 Å². The molecule has 0 saturated carbocycles. The van der Waals surface area contributed by atoms with Crippen molar-refractivity contribution in [2.75, 3.05) is 19.0 Å². The number of pyridine rings is 1. The second-order valence-corrected chi connectivity index (χ2v) is 9.59. The van der Waals surface area contributed by atoms with E-state index < -0.39 is 11.9 Å². The second-order valence-electron chi connectivity index (χ2n) is 8.73. The Kier molecular flexibility index (Phi) is 7.23. The predicted molar refractivity (Wildman–Crippen MR) is 141 cm³/mol. The Morgan fingerprint density at radius 1 is 0.972 bits per heavy atom. The van der Waals surface area contributed by atoms with Gasteiger partial charge < -0.3 is 9.47 Å². The van der Waals surface area contributed by atoms with Gasteiger partial charge in [0.25, 0.3) is 5.91 Å². The summed E-state index contributed by atoms with van der Waals surface area (Å²) in [6, 6.07) is 15.2. The molecule has 0 spiro atoms. The monoisotopic (exact) mass is 501 g/mol. The van der Waals surface area contributed by atoms with Crippen LogP contribution in [0.1, 0.15) is 47.3 Å². The Hall–Kier alpha value is -3.78. The van der Waals surface area contributed by atoms with E-state index >= 15 is 0 Å². The highest BCUT2D eigenvalue weighted by atomic mass is 32.1. The molecule has 8 heteroatoms. The standard InChI is InChI=1S/C28H27N3O4S/c1-34-19-14-12-18(13-15-19)24-17-36-28(30-24)31-25(32)16-35-27(33)26-20-8-4-2-3-5-10-22(20)29-23-11-7-6-9-21(23)26/h6-7,9,11-15,17H,2-5,8,10,16H2,1H3,(H,30,31,32). The summed E-state index contributed by atoms with van der Waals surface area (Å²) in [5.41, 5.74) is 4.92. The lowest BCUT2D eigenvalue weighted by Crippen LogP contribution is -2.22. The van der Waals surface area contributed by atoms with Gasteiger partial charge in [-0.1, -0.05) is 31.0 Å². The molecule has 0 aliphatic heterocycles. The zero-order valence-electron chi connectivity index (χ0n) is 20.1. The van der Waals surface area contributed by atoms with Crippen LogP contribution in [-0.4, -0.2) is 35.6 Å². The first-order valence-corrected chi connectivity index (χ1v) is 13.0. The van der Waals surface area contributed by atoms with Gasteiger partial charge in [0.1, 0.15) is 5.75 Å². The number of anilines is 1. The molecule has 5 rings (SSSR count). The molecule has 0 unspecified atom stereocenters. The minimum Gasteiger partial charge on any atom is -0.497 e. The summed E-state index contributed by atoms with van der Waals surface area (Å²) in [6.45, 7) is -0.387. The second kappa shape index (κ2) is 10.9. The number of rotatable bonds is 6. The van der Waals surface area contributed by atoms with E-state index in [-0.39, 0.29) is 6.61 Å². The number of esters is 1. The minimum atomic E-state index is -0.487. The number of nitrogens with one attached hydrogen (secondary N) is 1. The summed E-state index contributed by atoms with van der Waals surface area (Å²) < 4.78 is 10.7. The van der Waals surface area contributed by atoms with Crippen molar-refractivity contribution in [1.29, 1.82) is 0 Å². The molecule has 0 fully saturated rings. The quantitative estimate of drug-likeness (QED) is 0.335. The van der Waals surface area contributed by atoms with Crippen LogP contribution in [0.4, 0.5) is 5.13 Å². The molecule has 36 heavy (non-hydrogen) atoms. The van der Waals surface area contributed by atoms with Crippen LogP contribution in [0.2, 0.25) is 0 Å². The van der Waals surface area contributed by atoms with Crippen molar-refractivity contribution in [3.63, 3.8) is 0 Å². The Labute approximate surface area is 213 Å². The Morgan fingerprint density at radius 3 is 2.56 bits per heavy atom. The predicted octanol–water partition coefficient (Wildman–Crippen LogP) is 5.82. The van der Waals surface area contributed by atoms with Crippen LogP contribution < -0.4 is 10.1 Å². The summed E-state index contributed by atoms with van der Waals surface area (Å²) in [7, 11) is 1.62. The van der Waals surface area contributed by atoms with Crippen molar-refractivity contribution in [3.05, 3.63) is 70.7 Å². The molecule has 0 saturated heterocycles. The number of hydrogen-bond acceptors (Lipinski definition) is 7. The summed E-state index contributed by atoms with van der Waals surface area (Å²) in [4.78, 5) is 35.2. The number of carbonyl (C=O) groups excluding carboxylic acids is 2. The number of benzene rings is 2. The lowest BCUT2D eigenvalue weighted by Gasteiger charge is -2.18. The number of nitrogens with zero attached hydrogens (tertiary/aromatic N) is 2. The van der Waals surface area contributed by atoms with Crippen molar-refractivity contribution in [3.8, 4) is 17.0 Å². The summed E-state index contributed by atoms with van der Waals surface area (Å²) in [6.07, 6.45) is 6.01. The van der Waals surface area contributed by atoms with Crippen LogP contribution in [0, 0.1) is 0 Å². The van der Waals surface area contributed by atoms with Crippen molar-refractivity contribution in [1.82, 2.24) is 9.97 Å². The van der Waals surface area contributed by atoms with Gasteiger partial charge in [-0.05, 0) is 61.6 Å². The maximum atomic E-state index is 13.3. The van der Waals surface area contributed by atoms with Crippen molar-refractivity contribution in [2.45, 2.75) is 38.5 Å². The Balaban J connectivity index is 1.29. The molecule has 2 heterocycles. The third-order valence-electron chi connectivity index (χ3n) is 6.34. The molecule has 1 aliphatic carbocycles. The Bertz CT molecular complexity index is 1400. The molecule has 0 bridgehead atoms. The van der Waals surface area contributed by atoms with Crippen molar-refractivity contribution >= 4 is 39.2 Å². The van der Waals surface area contributed by atoms with E-state index in [1.165, 1.54) is 17.8 Å². The molecule has 1 N–H and O–H groups in total. The fourth-order valence-corrected chi connectivity index (χ4v) is 5.28. The number of aryl methyl sites for hydroxylation is 1. The molecule has 0 atom stereocenters. The molecule has 2 aromatic heterocycles. The van der Waals surface area contributed by atoms with E-state index in [4.69, 9.17) is 14.5 Å². The zero-order chi connectivity index (χ0) is 24.9. The minimum absolute atomic E-state index is 0.387. The number of thiazole rings is 1. The van der Waals surface area contributed by atoms with Gasteiger partial charge in [-0.2, -0.15) is 0 Å². The molecular formula is C28H27N3O4S. The molecule has 1 amide bonds. The van der Waals surface area contributed by atoms with Crippen molar-refractivity contribution < 1.29 is 19.1 Å². The van der Waals surface area contributed by atoms with Crippen LogP contribution in [0.25, 0.3) is 22.2 Å². The van der Waals surface area contributed by atoms with E-state index in [9.17, 15) is 9.59 Å². The maximum absolute atomic E-state index is 13.3. The highest BCUT2D eigenvalue weighted by Gasteiger charge is 2.23. The van der Waals surface area contributed by atoms with Crippen LogP contribution in [-0.2, 0) is 22.4 Å². The molecule has 0 radical (unpaired) electrons. The lowest BCUT2D eigenvalue weighted by atomic mass is 9.91. The Morgan fingerprint density at radius 2 is 1.75 bits per heavy atom. The average molecular weight is 502 g/mol. The lowest BCUT2D eigenvalue weighted by molar-refractivity contribution is -0.119. The van der Waals surface area contributed by atoms with Gasteiger partial charge in [0.05, 0.1) is 23.9 Å². The van der Waals surface area contributed by atoms with Gasteiger partial charge >= 0.3 is 5.97 Å². The van der Waals surface area contributed by atoms with Gasteiger partial charge in [-0.25, -0.2) is 9.78 Å². The summed E-state index contributed by atoms with van der Waals surface area (Å²) >= 11 is 1.32. The average Bonchev–Trinajstić information content (AvgIpc) is 3.35. The number of fused-ring (bicyclic) bond motifs is 2. The number of aromatic nitrogens is 2. The smallest absolute Gasteiger partial charge is 0.339 e. The first-order valence-electron chi connectivity index (χ1n) is 12.1. The van der Waals surface area contributed by atoms with E-state index in [1.54, 1.807) is 7.11 Å². The van der Waals surface area contributed by atoms with Gasteiger partial charge in [0, 0.05) is 22.0 Å². The van der Waals surface area contributed by atoms with Gasteiger partial charge in [-0.15, -0.1) is 11.3 Å². The third kappa shape index (κ3) is 5.23. The van der Waals surface area contributed by atoms with Gasteiger partial charge in [0.15, 0.2) is 11.7 Å². The fourth-order valence-electron chi connectivity index (χ4n) is 4.54. The number of amides is 1. The van der Waals surface area contributed by atoms with Crippen LogP contribution in [0.5, 0.6) is 5.75 Å². The number of hydrogen-bond donors (Lipinski definition) is 1. The molecule has 184 valence electrons. The first-order chi connectivity index (χ1) is 17.6. The SMILES string of the molecule is COc1ccc(-c2csc(NC(=O)COC(=O)c3c4c(nc5ccccc35)CCCCCC4)n2)cc1. The number of ether oxygens (including phenoxy) is 2. The third-order valence-corrected chi connectivity index (χ3v) is 7.10. The highest BCUT2D eigenvalue weighted by Crippen LogP contribution is 2.29. The van der Waals surface area contributed by atoms with Crippen LogP contribution in [0.3, 0.4) is 0 Å². The molecule has 2 aromatic carbocycles. The van der Waals surface area contributed by atoms with Gasteiger partial charge in [-0.3, -0.25) is 15.1 Å². The summed E-state index contributed by atoms with van der Waals surface area (Å²) in [5.74, 6) is -0.155. The molecule has 4 aromatic rings. The summed E-state index contributed by atoms with van der Waals surface area (Å²) in [5, 5.41) is 5.81. The first kappa shape index (κ1) is 23.9. The van der Waals surface area contributed by atoms with Gasteiger partial charge in [0.2, 0.25) is 0 Å². The fraction of sp³-hybridized carbons (Fsp3) is 0.286. The van der Waals surface area contributed by atoms with E-state index in [2.05, 4.69) is 10.3 Å². The van der Waals surface area contributed by atoms with Crippen LogP contribution in [0.15, 0.2) is 53.9 Å². The largest absolute Gasteiger partial charge is 0.497 e. The van der Waals surface area contributed by atoms with E-state index in [0.29, 0.717) is 10.7 Å². The normalized spacial score (nSPS) is 13.4.